The van der Waals surface area contributed by atoms with Crippen LogP contribution < -0.4 is 4.74 Å². The molecule has 0 saturated carbocycles. The largest absolute Gasteiger partial charge is 0.496 e. The normalized spacial score (nSPS) is 23.4. The zero-order valence-electron chi connectivity index (χ0n) is 18.2. The number of ether oxygens (including phenoxy) is 1. The molecule has 28 heavy (non-hydrogen) atoms. The molecule has 2 aliphatic heterocycles. The van der Waals surface area contributed by atoms with Crippen LogP contribution in [0.3, 0.4) is 0 Å². The molecule has 1 aromatic rings. The van der Waals surface area contributed by atoms with Gasteiger partial charge in [0.15, 0.2) is 0 Å². The Hall–Kier alpha value is -1.14. The highest BCUT2D eigenvalue weighted by Gasteiger charge is 2.33. The van der Waals surface area contributed by atoms with E-state index < -0.39 is 0 Å². The third kappa shape index (κ3) is 5.26. The Bertz CT molecular complexity index is 614. The molecule has 158 valence electrons. The van der Waals surface area contributed by atoms with Gasteiger partial charge in [-0.3, -0.25) is 9.80 Å². The molecule has 0 spiro atoms. The maximum Gasteiger partial charge on any atom is 0.121 e. The number of aliphatic hydroxyl groups excluding tert-OH is 1. The lowest BCUT2D eigenvalue weighted by atomic mass is 9.97. The summed E-state index contributed by atoms with van der Waals surface area (Å²) in [4.78, 5) is 7.87. The van der Waals surface area contributed by atoms with Crippen molar-refractivity contribution in [2.45, 2.75) is 64.7 Å². The van der Waals surface area contributed by atoms with Crippen LogP contribution >= 0.6 is 0 Å². The number of rotatable bonds is 7. The van der Waals surface area contributed by atoms with E-state index in [1.807, 2.05) is 0 Å². The molecule has 2 saturated heterocycles. The van der Waals surface area contributed by atoms with Gasteiger partial charge < -0.3 is 14.7 Å². The van der Waals surface area contributed by atoms with Gasteiger partial charge in [0.2, 0.25) is 0 Å². The summed E-state index contributed by atoms with van der Waals surface area (Å²) in [6.07, 6.45) is 3.40. The molecule has 1 aromatic carbocycles. The maximum atomic E-state index is 9.65. The quantitative estimate of drug-likeness (QED) is 0.776. The summed E-state index contributed by atoms with van der Waals surface area (Å²) < 4.78 is 5.39. The molecule has 2 heterocycles. The van der Waals surface area contributed by atoms with Crippen molar-refractivity contribution in [2.24, 2.45) is 0 Å². The van der Waals surface area contributed by atoms with Crippen molar-refractivity contribution < 1.29 is 9.84 Å². The molecule has 0 aliphatic carbocycles. The number of hydrogen-bond donors (Lipinski definition) is 1. The first kappa shape index (κ1) is 21.6. The molecule has 0 aromatic heterocycles. The fourth-order valence-corrected chi connectivity index (χ4v) is 5.00. The average molecular weight is 390 g/mol. The molecule has 1 N–H and O–H groups in total. The zero-order chi connectivity index (χ0) is 20.1. The molecule has 5 nitrogen and oxygen atoms in total. The Morgan fingerprint density at radius 3 is 2.50 bits per heavy atom. The fraction of sp³-hybridized carbons (Fsp3) is 0.739. The van der Waals surface area contributed by atoms with Crippen LogP contribution in [0.1, 0.15) is 44.2 Å². The van der Waals surface area contributed by atoms with Gasteiger partial charge in [0.05, 0.1) is 7.11 Å². The lowest BCUT2D eigenvalue weighted by Gasteiger charge is -2.48. The summed E-state index contributed by atoms with van der Waals surface area (Å²) >= 11 is 0. The predicted octanol–water partition coefficient (Wildman–Crippen LogP) is 2.75. The monoisotopic (exact) mass is 389 g/mol. The van der Waals surface area contributed by atoms with Crippen LogP contribution in [0.2, 0.25) is 0 Å². The first-order valence-electron chi connectivity index (χ1n) is 11.0. The lowest BCUT2D eigenvalue weighted by molar-refractivity contribution is -0.0000354. The number of piperidine rings is 1. The molecule has 3 rings (SSSR count). The number of piperazine rings is 1. The van der Waals surface area contributed by atoms with Gasteiger partial charge in [-0.2, -0.15) is 0 Å². The van der Waals surface area contributed by atoms with Crippen LogP contribution in [0.25, 0.3) is 0 Å². The number of nitrogens with zero attached hydrogens (tertiary/aromatic N) is 3. The first-order valence-corrected chi connectivity index (χ1v) is 11.0. The summed E-state index contributed by atoms with van der Waals surface area (Å²) in [6.45, 7) is 13.7. The van der Waals surface area contributed by atoms with Crippen LogP contribution in [0.15, 0.2) is 18.2 Å². The number of methoxy groups -OCH3 is 1. The standard InChI is InChI=1S/C23H39N3O2/c1-18(2)25-10-7-21(8-11-25)26-13-12-24(17-22(26)9-14-27)16-20-5-6-23(28-4)19(3)15-20/h5-6,15,18,21-22,27H,7-14,16-17H2,1-4H3. The molecular weight excluding hydrogens is 350 g/mol. The van der Waals surface area contributed by atoms with Gasteiger partial charge in [0.1, 0.15) is 5.75 Å². The summed E-state index contributed by atoms with van der Waals surface area (Å²) in [5.74, 6) is 0.958. The third-order valence-corrected chi connectivity index (χ3v) is 6.64. The minimum absolute atomic E-state index is 0.279. The van der Waals surface area contributed by atoms with Gasteiger partial charge in [-0.05, 0) is 70.3 Å². The highest BCUT2D eigenvalue weighted by Crippen LogP contribution is 2.26. The molecule has 1 atom stereocenters. The number of hydrogen-bond acceptors (Lipinski definition) is 5. The maximum absolute atomic E-state index is 9.65. The second-order valence-electron chi connectivity index (χ2n) is 8.80. The fourth-order valence-electron chi connectivity index (χ4n) is 5.00. The van der Waals surface area contributed by atoms with E-state index in [0.717, 1.165) is 38.3 Å². The van der Waals surface area contributed by atoms with Crippen LogP contribution in [0, 0.1) is 6.92 Å². The SMILES string of the molecule is COc1ccc(CN2CCN(C3CCN(C(C)C)CC3)C(CCO)C2)cc1C. The molecule has 0 bridgehead atoms. The molecule has 1 unspecified atom stereocenters. The number of aliphatic hydroxyl groups is 1. The van der Waals surface area contributed by atoms with Crippen molar-refractivity contribution in [3.8, 4) is 5.75 Å². The minimum Gasteiger partial charge on any atom is -0.496 e. The molecule has 2 aliphatic rings. The Morgan fingerprint density at radius 1 is 1.14 bits per heavy atom. The molecule has 0 radical (unpaired) electrons. The van der Waals surface area contributed by atoms with Gasteiger partial charge in [-0.1, -0.05) is 12.1 Å². The Morgan fingerprint density at radius 2 is 1.89 bits per heavy atom. The van der Waals surface area contributed by atoms with Crippen molar-refractivity contribution in [3.05, 3.63) is 29.3 Å². The van der Waals surface area contributed by atoms with E-state index in [1.165, 1.54) is 37.1 Å². The Labute approximate surface area is 171 Å². The average Bonchev–Trinajstić information content (AvgIpc) is 2.69. The number of aryl methyl sites for hydroxylation is 1. The van der Waals surface area contributed by atoms with E-state index in [0.29, 0.717) is 18.1 Å². The third-order valence-electron chi connectivity index (χ3n) is 6.64. The Balaban J connectivity index is 1.59. The minimum atomic E-state index is 0.279. The van der Waals surface area contributed by atoms with E-state index in [9.17, 15) is 5.11 Å². The lowest BCUT2D eigenvalue weighted by Crippen LogP contribution is -2.58. The van der Waals surface area contributed by atoms with Crippen LogP contribution in [0.5, 0.6) is 5.75 Å². The van der Waals surface area contributed by atoms with Crippen molar-refractivity contribution in [3.63, 3.8) is 0 Å². The highest BCUT2D eigenvalue weighted by atomic mass is 16.5. The second kappa shape index (κ2) is 10.1. The van der Waals surface area contributed by atoms with Gasteiger partial charge in [0, 0.05) is 50.9 Å². The number of benzene rings is 1. The van der Waals surface area contributed by atoms with Crippen LogP contribution in [0.4, 0.5) is 0 Å². The van der Waals surface area contributed by atoms with Crippen molar-refractivity contribution in [1.82, 2.24) is 14.7 Å². The van der Waals surface area contributed by atoms with E-state index in [-0.39, 0.29) is 6.61 Å². The smallest absolute Gasteiger partial charge is 0.121 e. The van der Waals surface area contributed by atoms with Crippen molar-refractivity contribution in [2.75, 3.05) is 46.4 Å². The van der Waals surface area contributed by atoms with Gasteiger partial charge in [0.25, 0.3) is 0 Å². The van der Waals surface area contributed by atoms with E-state index >= 15 is 0 Å². The molecular formula is C23H39N3O2. The zero-order valence-corrected chi connectivity index (χ0v) is 18.2. The van der Waals surface area contributed by atoms with E-state index in [1.54, 1.807) is 7.11 Å². The molecule has 0 amide bonds. The predicted molar refractivity (Wildman–Crippen MR) is 115 cm³/mol. The summed E-state index contributed by atoms with van der Waals surface area (Å²) in [7, 11) is 1.73. The highest BCUT2D eigenvalue weighted by molar-refractivity contribution is 5.36. The van der Waals surface area contributed by atoms with E-state index in [2.05, 4.69) is 53.7 Å². The van der Waals surface area contributed by atoms with Crippen molar-refractivity contribution >= 4 is 0 Å². The summed E-state index contributed by atoms with van der Waals surface area (Å²) in [6, 6.07) is 8.30. The van der Waals surface area contributed by atoms with Crippen LogP contribution in [-0.4, -0.2) is 84.4 Å². The second-order valence-corrected chi connectivity index (χ2v) is 8.80. The van der Waals surface area contributed by atoms with Crippen LogP contribution in [-0.2, 0) is 6.54 Å². The van der Waals surface area contributed by atoms with Gasteiger partial charge in [-0.15, -0.1) is 0 Å². The van der Waals surface area contributed by atoms with Gasteiger partial charge >= 0.3 is 0 Å². The van der Waals surface area contributed by atoms with E-state index in [4.69, 9.17) is 4.74 Å². The molecule has 5 heteroatoms. The first-order chi connectivity index (χ1) is 13.5. The molecule has 2 fully saturated rings. The Kier molecular flexibility index (Phi) is 7.75. The summed E-state index contributed by atoms with van der Waals surface area (Å²) in [5, 5.41) is 9.65. The number of likely N-dealkylation sites (tertiary alicyclic amines) is 1. The summed E-state index contributed by atoms with van der Waals surface area (Å²) in [5.41, 5.74) is 2.54. The van der Waals surface area contributed by atoms with Gasteiger partial charge in [-0.25, -0.2) is 0 Å². The topological polar surface area (TPSA) is 39.2 Å². The van der Waals surface area contributed by atoms with Crippen molar-refractivity contribution in [1.29, 1.82) is 0 Å².